The maximum Gasteiger partial charge on any atom is 0.137 e. The fourth-order valence-electron chi connectivity index (χ4n) is 3.53. The van der Waals surface area contributed by atoms with Crippen molar-refractivity contribution >= 4 is 0 Å². The fraction of sp³-hybridized carbons (Fsp3) is 0.308. The number of hydrogen-bond acceptors (Lipinski definition) is 5. The number of quaternary nitrogens is 1. The van der Waals surface area contributed by atoms with Gasteiger partial charge in [0, 0.05) is 0 Å². The zero-order chi connectivity index (χ0) is 23.5. The molecule has 3 aromatic rings. The lowest BCUT2D eigenvalue weighted by atomic mass is 10.1. The first-order valence-electron chi connectivity index (χ1n) is 11.0. The highest BCUT2D eigenvalue weighted by atomic mass is 35.5. The maximum absolute atomic E-state index is 13.2. The van der Waals surface area contributed by atoms with Crippen molar-refractivity contribution in [3.8, 4) is 11.5 Å². The zero-order valence-electron chi connectivity index (χ0n) is 18.8. The summed E-state index contributed by atoms with van der Waals surface area (Å²) in [5.41, 5.74) is 0.568. The summed E-state index contributed by atoms with van der Waals surface area (Å²) in [7, 11) is 0. The lowest BCUT2D eigenvalue weighted by molar-refractivity contribution is -0.910. The summed E-state index contributed by atoms with van der Waals surface area (Å²) in [5.74, 6) is 0.929. The second kappa shape index (κ2) is 14.6. The normalized spacial score (nSPS) is 14.4. The standard InChI is InChI=1S/C26H30FNO5.ClH/c27-21-13-11-20(12-14-21)26(31)17-28(15-22(29)18-32-24-7-3-1-4-8-24)16-23(30)19-33-25-9-5-2-6-10-25;/h1-14,22-23,26,29-31H,15-19H2;1H. The summed E-state index contributed by atoms with van der Waals surface area (Å²) in [6.07, 6.45) is -2.52. The number of hydrogen-bond donors (Lipinski definition) is 4. The lowest BCUT2D eigenvalue weighted by Crippen LogP contribution is -3.15. The molecule has 0 aliphatic carbocycles. The van der Waals surface area contributed by atoms with Gasteiger partial charge in [-0.2, -0.15) is 0 Å². The maximum atomic E-state index is 13.2. The number of benzene rings is 3. The highest BCUT2D eigenvalue weighted by Crippen LogP contribution is 2.12. The van der Waals surface area contributed by atoms with Crippen LogP contribution >= 0.6 is 0 Å². The van der Waals surface area contributed by atoms with E-state index in [9.17, 15) is 19.7 Å². The molecule has 0 spiro atoms. The Hall–Kier alpha value is -2.68. The average Bonchev–Trinajstić information content (AvgIpc) is 2.83. The first kappa shape index (κ1) is 27.6. The molecule has 0 aliphatic heterocycles. The Morgan fingerprint density at radius 3 is 1.53 bits per heavy atom. The van der Waals surface area contributed by atoms with E-state index in [0.717, 1.165) is 4.90 Å². The van der Waals surface area contributed by atoms with E-state index < -0.39 is 18.3 Å². The van der Waals surface area contributed by atoms with Gasteiger partial charge < -0.3 is 42.1 Å². The average molecular weight is 492 g/mol. The van der Waals surface area contributed by atoms with Crippen LogP contribution in [0.4, 0.5) is 4.39 Å². The van der Waals surface area contributed by atoms with Crippen molar-refractivity contribution in [3.63, 3.8) is 0 Å². The third kappa shape index (κ3) is 9.67. The molecule has 3 rings (SSSR count). The third-order valence-corrected chi connectivity index (χ3v) is 5.16. The molecule has 4 N–H and O–H groups in total. The zero-order valence-corrected chi connectivity index (χ0v) is 19.5. The predicted octanol–water partition coefficient (Wildman–Crippen LogP) is -1.37. The van der Waals surface area contributed by atoms with Crippen molar-refractivity contribution in [2.75, 3.05) is 32.8 Å². The Morgan fingerprint density at radius 2 is 1.09 bits per heavy atom. The molecule has 0 radical (unpaired) electrons. The summed E-state index contributed by atoms with van der Waals surface area (Å²) in [6.45, 7) is 0.866. The smallest absolute Gasteiger partial charge is 0.137 e. The number of halogens is 2. The first-order chi connectivity index (χ1) is 16.0. The minimum absolute atomic E-state index is 0. The van der Waals surface area contributed by atoms with Gasteiger partial charge in [0.25, 0.3) is 0 Å². The number of rotatable bonds is 13. The van der Waals surface area contributed by atoms with E-state index >= 15 is 0 Å². The van der Waals surface area contributed by atoms with Crippen molar-refractivity contribution < 1.29 is 46.5 Å². The number of aliphatic hydroxyl groups excluding tert-OH is 3. The minimum atomic E-state index is -0.884. The van der Waals surface area contributed by atoms with Crippen molar-refractivity contribution in [1.29, 1.82) is 0 Å². The van der Waals surface area contributed by atoms with Gasteiger partial charge in [-0.1, -0.05) is 48.5 Å². The molecule has 34 heavy (non-hydrogen) atoms. The van der Waals surface area contributed by atoms with Gasteiger partial charge in [0.05, 0.1) is 0 Å². The molecule has 0 bridgehead atoms. The van der Waals surface area contributed by atoms with Gasteiger partial charge in [-0.25, -0.2) is 4.39 Å². The number of aliphatic hydroxyl groups is 3. The predicted molar refractivity (Wildman–Crippen MR) is 123 cm³/mol. The van der Waals surface area contributed by atoms with Crippen LogP contribution in [0.25, 0.3) is 0 Å². The van der Waals surface area contributed by atoms with E-state index in [0.29, 0.717) is 17.1 Å². The Labute approximate surface area is 205 Å². The topological polar surface area (TPSA) is 83.6 Å². The summed E-state index contributed by atoms with van der Waals surface area (Å²) in [6, 6.07) is 24.0. The first-order valence-corrected chi connectivity index (χ1v) is 11.0. The van der Waals surface area contributed by atoms with Crippen molar-refractivity contribution in [1.82, 2.24) is 0 Å². The van der Waals surface area contributed by atoms with Crippen LogP contribution in [0.1, 0.15) is 11.7 Å². The molecule has 184 valence electrons. The molecule has 3 aromatic carbocycles. The molecule has 0 aromatic heterocycles. The van der Waals surface area contributed by atoms with Crippen LogP contribution in [0.2, 0.25) is 0 Å². The van der Waals surface area contributed by atoms with E-state index in [1.807, 2.05) is 36.4 Å². The molecule has 0 saturated carbocycles. The minimum Gasteiger partial charge on any atom is -1.00 e. The summed E-state index contributed by atoms with van der Waals surface area (Å²) in [5, 5.41) is 31.7. The van der Waals surface area contributed by atoms with Crippen molar-refractivity contribution in [3.05, 3.63) is 96.3 Å². The van der Waals surface area contributed by atoms with Gasteiger partial charge in [0.1, 0.15) is 68.5 Å². The molecule has 3 unspecified atom stereocenters. The molecular weight excluding hydrogens is 461 g/mol. The molecule has 8 heteroatoms. The summed E-state index contributed by atoms with van der Waals surface area (Å²) >= 11 is 0. The van der Waals surface area contributed by atoms with Crippen molar-refractivity contribution in [2.45, 2.75) is 18.3 Å². The fourth-order valence-corrected chi connectivity index (χ4v) is 3.53. The molecule has 0 fully saturated rings. The SMILES string of the molecule is OC(COc1ccccc1)C[NH+](CC(O)COc1ccccc1)CC(O)c1ccc(F)cc1.[Cl-]. The second-order valence-corrected chi connectivity index (χ2v) is 7.99. The Morgan fingerprint density at radius 1 is 0.647 bits per heavy atom. The molecular formula is C26H31ClFNO5. The van der Waals surface area contributed by atoms with Gasteiger partial charge in [-0.3, -0.25) is 0 Å². The van der Waals surface area contributed by atoms with Gasteiger partial charge in [0.15, 0.2) is 0 Å². The highest BCUT2D eigenvalue weighted by Gasteiger charge is 2.24. The molecule has 0 saturated heterocycles. The van der Waals surface area contributed by atoms with Crippen LogP contribution in [0.15, 0.2) is 84.9 Å². The largest absolute Gasteiger partial charge is 1.00 e. The number of para-hydroxylation sites is 2. The molecule has 0 aliphatic rings. The van der Waals surface area contributed by atoms with E-state index in [-0.39, 0.29) is 51.1 Å². The highest BCUT2D eigenvalue weighted by molar-refractivity contribution is 5.21. The number of ether oxygens (including phenoxy) is 2. The van der Waals surface area contributed by atoms with Crippen LogP contribution in [0, 0.1) is 5.82 Å². The Balaban J connectivity index is 0.00000408. The van der Waals surface area contributed by atoms with Crippen LogP contribution in [-0.2, 0) is 0 Å². The molecule has 0 amide bonds. The van der Waals surface area contributed by atoms with Gasteiger partial charge >= 0.3 is 0 Å². The Kier molecular flexibility index (Phi) is 11.8. The third-order valence-electron chi connectivity index (χ3n) is 5.16. The monoisotopic (exact) mass is 491 g/mol. The van der Waals surface area contributed by atoms with E-state index in [1.165, 1.54) is 24.3 Å². The van der Waals surface area contributed by atoms with Crippen LogP contribution < -0.4 is 26.8 Å². The van der Waals surface area contributed by atoms with E-state index in [1.54, 1.807) is 24.3 Å². The van der Waals surface area contributed by atoms with Gasteiger partial charge in [-0.15, -0.1) is 0 Å². The summed E-state index contributed by atoms with van der Waals surface area (Å²) < 4.78 is 24.5. The van der Waals surface area contributed by atoms with Crippen molar-refractivity contribution in [2.24, 2.45) is 0 Å². The van der Waals surface area contributed by atoms with Crippen LogP contribution in [-0.4, -0.2) is 60.4 Å². The lowest BCUT2D eigenvalue weighted by Gasteiger charge is -2.26. The Bertz CT molecular complexity index is 881. The number of nitrogens with one attached hydrogen (secondary N) is 1. The van der Waals surface area contributed by atoms with E-state index in [2.05, 4.69) is 0 Å². The van der Waals surface area contributed by atoms with Gasteiger partial charge in [-0.05, 0) is 42.0 Å². The van der Waals surface area contributed by atoms with Gasteiger partial charge in [0.2, 0.25) is 0 Å². The molecule has 6 nitrogen and oxygen atoms in total. The molecule has 3 atom stereocenters. The molecule has 0 heterocycles. The van der Waals surface area contributed by atoms with Crippen LogP contribution in [0.3, 0.4) is 0 Å². The van der Waals surface area contributed by atoms with Crippen LogP contribution in [0.5, 0.6) is 11.5 Å². The second-order valence-electron chi connectivity index (χ2n) is 7.99. The quantitative estimate of drug-likeness (QED) is 0.237. The summed E-state index contributed by atoms with van der Waals surface area (Å²) in [4.78, 5) is 0.764. The van der Waals surface area contributed by atoms with E-state index in [4.69, 9.17) is 9.47 Å².